The second-order valence-corrected chi connectivity index (χ2v) is 22.4. The van der Waals surface area contributed by atoms with Gasteiger partial charge in [-0.3, -0.25) is 29.4 Å². The number of fused-ring (bicyclic) bond motifs is 3. The number of benzene rings is 2. The van der Waals surface area contributed by atoms with Crippen LogP contribution in [0.2, 0.25) is 0 Å². The number of hydrogen-bond donors (Lipinski definition) is 0. The average Bonchev–Trinajstić information content (AvgIpc) is 3.28. The smallest absolute Gasteiger partial charge is 0.0589 e. The molecule has 0 aromatic heterocycles. The Morgan fingerprint density at radius 1 is 0.364 bits per heavy atom. The lowest BCUT2D eigenvalue weighted by atomic mass is 9.84. The molecule has 0 unspecified atom stereocenters. The van der Waals surface area contributed by atoms with Crippen molar-refractivity contribution in [3.05, 3.63) is 57.6 Å². The van der Waals surface area contributed by atoms with Crippen molar-refractivity contribution in [3.8, 4) is 0 Å². The first-order valence-electron chi connectivity index (χ1n) is 24.6. The Bertz CT molecular complexity index is 1450. The molecule has 0 aliphatic carbocycles. The SMILES string of the molecule is COCCN1CCN(CCOC)Cc2cc(C(C)(C)C)cc3c2SCCSc2c(cc(C(C)(C)C)cc2CN(CCOC)CCN(CCOC)CCN(CCOC)C3)CN(CCOC)CC1. The van der Waals surface area contributed by atoms with Crippen LogP contribution in [0.15, 0.2) is 34.1 Å². The summed E-state index contributed by atoms with van der Waals surface area (Å²) < 4.78 is 34.5. The fourth-order valence-corrected chi connectivity index (χ4v) is 11.0. The summed E-state index contributed by atoms with van der Waals surface area (Å²) in [6, 6.07) is 10.1. The minimum atomic E-state index is -0.00885. The van der Waals surface area contributed by atoms with Crippen LogP contribution >= 0.6 is 23.5 Å². The van der Waals surface area contributed by atoms with Gasteiger partial charge in [0.05, 0.1) is 39.6 Å². The number of rotatable bonds is 18. The van der Waals surface area contributed by atoms with Gasteiger partial charge >= 0.3 is 0 Å². The Labute approximate surface area is 411 Å². The lowest BCUT2D eigenvalue weighted by molar-refractivity contribution is 0.0989. The third-order valence-electron chi connectivity index (χ3n) is 13.0. The first kappa shape index (κ1) is 57.2. The Kier molecular flexibility index (Phi) is 26.4. The van der Waals surface area contributed by atoms with Gasteiger partial charge in [0.2, 0.25) is 0 Å². The van der Waals surface area contributed by atoms with E-state index < -0.39 is 0 Å². The van der Waals surface area contributed by atoms with Crippen molar-refractivity contribution in [3.63, 3.8) is 0 Å². The topological polar surface area (TPSA) is 74.8 Å². The second kappa shape index (κ2) is 30.4. The molecule has 12 nitrogen and oxygen atoms in total. The summed E-state index contributed by atoms with van der Waals surface area (Å²) in [5.74, 6) is 2.01. The molecular weight excluding hydrogens is 869 g/mol. The molecule has 0 spiro atoms. The van der Waals surface area contributed by atoms with Gasteiger partial charge in [0, 0.05) is 182 Å². The quantitative estimate of drug-likeness (QED) is 0.156. The third-order valence-corrected chi connectivity index (χ3v) is 15.7. The molecule has 4 rings (SSSR count). The van der Waals surface area contributed by atoms with Crippen LogP contribution < -0.4 is 0 Å². The maximum Gasteiger partial charge on any atom is 0.0589 e. The summed E-state index contributed by atoms with van der Waals surface area (Å²) >= 11 is 4.13. The van der Waals surface area contributed by atoms with Crippen molar-refractivity contribution in [2.45, 2.75) is 88.3 Å². The van der Waals surface area contributed by atoms with Crippen LogP contribution in [0, 0.1) is 0 Å². The van der Waals surface area contributed by atoms with Crippen LogP contribution in [0.3, 0.4) is 0 Å². The summed E-state index contributed by atoms with van der Waals surface area (Å²) in [6.45, 7) is 34.7. The van der Waals surface area contributed by atoms with E-state index in [0.717, 1.165) is 129 Å². The highest BCUT2D eigenvalue weighted by Crippen LogP contribution is 2.38. The van der Waals surface area contributed by atoms with Crippen molar-refractivity contribution in [2.75, 3.05) is 185 Å². The minimum Gasteiger partial charge on any atom is -0.383 e. The second-order valence-electron chi connectivity index (χ2n) is 20.2. The fourth-order valence-electron chi connectivity index (χ4n) is 8.67. The van der Waals surface area contributed by atoms with Gasteiger partial charge in [0.1, 0.15) is 0 Å². The maximum absolute atomic E-state index is 5.77. The minimum absolute atomic E-state index is 0.00885. The molecule has 14 heteroatoms. The van der Waals surface area contributed by atoms with Gasteiger partial charge < -0.3 is 28.4 Å². The van der Waals surface area contributed by atoms with E-state index in [1.165, 1.54) is 43.2 Å². The van der Waals surface area contributed by atoms with Crippen LogP contribution in [-0.4, -0.2) is 215 Å². The highest BCUT2D eigenvalue weighted by atomic mass is 32.2. The van der Waals surface area contributed by atoms with E-state index >= 15 is 0 Å². The Morgan fingerprint density at radius 2 is 0.576 bits per heavy atom. The summed E-state index contributed by atoms with van der Waals surface area (Å²) in [5.41, 5.74) is 8.48. The van der Waals surface area contributed by atoms with Crippen molar-refractivity contribution >= 4 is 23.5 Å². The number of hydrogen-bond acceptors (Lipinski definition) is 14. The third kappa shape index (κ3) is 19.8. The van der Waals surface area contributed by atoms with Gasteiger partial charge in [0.15, 0.2) is 0 Å². The van der Waals surface area contributed by atoms with Crippen LogP contribution in [0.25, 0.3) is 0 Å². The summed E-state index contributed by atoms with van der Waals surface area (Å²) in [4.78, 5) is 18.6. The molecule has 0 atom stereocenters. The van der Waals surface area contributed by atoms with Crippen molar-refractivity contribution < 1.29 is 28.4 Å². The molecule has 0 radical (unpaired) electrons. The molecule has 2 aliphatic rings. The molecule has 2 aromatic carbocycles. The molecule has 378 valence electrons. The standard InChI is InChI=1S/C52H92N6O6S2/c1-51(2,3)47-35-43-39-55(23-29-61-9)17-13-53(21-27-59-7)15-19-57(25-31-63-11)41-45-37-48(52(4,5)6)38-46-42-58(26-32-64-12)20-16-54(22-28-60-8)14-18-56(24-30-62-10)40-44(36-47)49(43)65-33-34-66-50(45)46/h35-38H,13-34,39-42H2,1-12H3. The predicted molar refractivity (Wildman–Crippen MR) is 277 cm³/mol. The van der Waals surface area contributed by atoms with E-state index in [-0.39, 0.29) is 10.8 Å². The Hall–Kier alpha value is -1.34. The maximum atomic E-state index is 5.77. The van der Waals surface area contributed by atoms with E-state index in [1.54, 1.807) is 0 Å². The first-order chi connectivity index (χ1) is 31.7. The Morgan fingerprint density at radius 3 is 0.788 bits per heavy atom. The molecule has 2 heterocycles. The normalized spacial score (nSPS) is 18.7. The molecule has 0 fully saturated rings. The van der Waals surface area contributed by atoms with Crippen molar-refractivity contribution in [2.24, 2.45) is 0 Å². The lowest BCUT2D eigenvalue weighted by Crippen LogP contribution is -2.42. The largest absolute Gasteiger partial charge is 0.383 e. The van der Waals surface area contributed by atoms with Crippen molar-refractivity contribution in [1.82, 2.24) is 29.4 Å². The van der Waals surface area contributed by atoms with E-state index in [4.69, 9.17) is 28.4 Å². The number of thioether (sulfide) groups is 2. The van der Waals surface area contributed by atoms with Crippen LogP contribution in [-0.2, 0) is 65.4 Å². The lowest BCUT2D eigenvalue weighted by Gasteiger charge is -2.33. The summed E-state index contributed by atoms with van der Waals surface area (Å²) in [7, 11) is 10.9. The molecule has 2 bridgehead atoms. The highest BCUT2D eigenvalue weighted by Gasteiger charge is 2.26. The molecule has 0 N–H and O–H groups in total. The fraction of sp³-hybridized carbons (Fsp3) is 0.769. The summed E-state index contributed by atoms with van der Waals surface area (Å²) in [5, 5.41) is 0. The molecule has 2 aromatic rings. The first-order valence-corrected chi connectivity index (χ1v) is 26.6. The highest BCUT2D eigenvalue weighted by molar-refractivity contribution is 8.03. The molecule has 0 saturated heterocycles. The van der Waals surface area contributed by atoms with E-state index in [2.05, 4.69) is 119 Å². The monoisotopic (exact) mass is 961 g/mol. The van der Waals surface area contributed by atoms with Gasteiger partial charge in [-0.25, -0.2) is 0 Å². The molecule has 0 saturated carbocycles. The van der Waals surface area contributed by atoms with Crippen molar-refractivity contribution in [1.29, 1.82) is 0 Å². The Balaban J connectivity index is 2.00. The van der Waals surface area contributed by atoms with Gasteiger partial charge in [-0.05, 0) is 44.2 Å². The van der Waals surface area contributed by atoms with E-state index in [0.29, 0.717) is 39.6 Å². The molecule has 2 aliphatic heterocycles. The summed E-state index contributed by atoms with van der Waals surface area (Å²) in [6.07, 6.45) is 0. The van der Waals surface area contributed by atoms with Gasteiger partial charge in [-0.2, -0.15) is 0 Å². The van der Waals surface area contributed by atoms with E-state index in [1.807, 2.05) is 42.7 Å². The number of ether oxygens (including phenoxy) is 6. The van der Waals surface area contributed by atoms with Crippen LogP contribution in [0.1, 0.15) is 74.9 Å². The van der Waals surface area contributed by atoms with Gasteiger partial charge in [-0.15, -0.1) is 23.5 Å². The van der Waals surface area contributed by atoms with Gasteiger partial charge in [-0.1, -0.05) is 65.8 Å². The zero-order valence-electron chi connectivity index (χ0n) is 43.6. The zero-order chi connectivity index (χ0) is 48.0. The van der Waals surface area contributed by atoms with E-state index in [9.17, 15) is 0 Å². The molecule has 66 heavy (non-hydrogen) atoms. The zero-order valence-corrected chi connectivity index (χ0v) is 45.3. The predicted octanol–water partition coefficient (Wildman–Crippen LogP) is 6.88. The van der Waals surface area contributed by atoms with Gasteiger partial charge in [0.25, 0.3) is 0 Å². The molecular formula is C52H92N6O6S2. The van der Waals surface area contributed by atoms with Crippen LogP contribution in [0.4, 0.5) is 0 Å². The molecule has 0 amide bonds. The average molecular weight is 961 g/mol. The number of methoxy groups -OCH3 is 6. The number of nitrogens with zero attached hydrogens (tertiary/aromatic N) is 6. The van der Waals surface area contributed by atoms with Crippen LogP contribution in [0.5, 0.6) is 0 Å².